The molecular weight excluding hydrogens is 266 g/mol. The predicted octanol–water partition coefficient (Wildman–Crippen LogP) is 3.21. The summed E-state index contributed by atoms with van der Waals surface area (Å²) in [5, 5.41) is 11.9. The maximum absolute atomic E-state index is 12.5. The number of hydrogen-bond donors (Lipinski definition) is 2. The number of hydrogen-bond acceptors (Lipinski definition) is 2. The van der Waals surface area contributed by atoms with Gasteiger partial charge in [-0.15, -0.1) is 0 Å². The number of benzene rings is 1. The Morgan fingerprint density at radius 3 is 2.29 bits per heavy atom. The number of carboxylic acid groups (broad SMARTS) is 1. The van der Waals surface area contributed by atoms with Crippen LogP contribution >= 0.6 is 0 Å². The van der Waals surface area contributed by atoms with Crippen LogP contribution in [0.2, 0.25) is 0 Å². The lowest BCUT2D eigenvalue weighted by atomic mass is 9.83. The van der Waals surface area contributed by atoms with E-state index in [1.54, 1.807) is 12.1 Å². The highest BCUT2D eigenvalue weighted by atomic mass is 16.4. The van der Waals surface area contributed by atoms with Crippen molar-refractivity contribution >= 4 is 11.9 Å². The number of aliphatic carboxylic acids is 1. The van der Waals surface area contributed by atoms with Crippen LogP contribution in [0.3, 0.4) is 0 Å². The van der Waals surface area contributed by atoms with Gasteiger partial charge in [0.05, 0.1) is 0 Å². The van der Waals surface area contributed by atoms with Gasteiger partial charge in [0.15, 0.2) is 0 Å². The summed E-state index contributed by atoms with van der Waals surface area (Å²) in [5.74, 6) is -1.44. The highest BCUT2D eigenvalue weighted by molar-refractivity contribution is 5.98. The van der Waals surface area contributed by atoms with Gasteiger partial charge in [-0.2, -0.15) is 0 Å². The summed E-state index contributed by atoms with van der Waals surface area (Å²) >= 11 is 0. The Hall–Kier alpha value is -1.84. The molecule has 4 nitrogen and oxygen atoms in total. The minimum Gasteiger partial charge on any atom is -0.480 e. The summed E-state index contributed by atoms with van der Waals surface area (Å²) in [6, 6.07) is 6.47. The van der Waals surface area contributed by atoms with Crippen molar-refractivity contribution < 1.29 is 14.7 Å². The standard InChI is InChI=1S/C17H25NO3/c1-6-11(2)14(16(20)21)18-15(19)12-9-7-8-10-13(12)17(3,4)5/h7-11,14H,6H2,1-5H3,(H,18,19)(H,20,21)/t11-,14-/m0/s1. The van der Waals surface area contributed by atoms with Crippen LogP contribution in [0, 0.1) is 5.92 Å². The Kier molecular flexibility index (Phi) is 5.53. The molecule has 0 fully saturated rings. The van der Waals surface area contributed by atoms with Gasteiger partial charge in [-0.05, 0) is 23.0 Å². The topological polar surface area (TPSA) is 66.4 Å². The van der Waals surface area contributed by atoms with Gasteiger partial charge >= 0.3 is 5.97 Å². The molecule has 0 aliphatic carbocycles. The van der Waals surface area contributed by atoms with E-state index in [1.165, 1.54) is 0 Å². The summed E-state index contributed by atoms with van der Waals surface area (Å²) in [6.45, 7) is 9.83. The maximum Gasteiger partial charge on any atom is 0.326 e. The van der Waals surface area contributed by atoms with Crippen molar-refractivity contribution in [1.29, 1.82) is 0 Å². The molecule has 0 unspecified atom stereocenters. The van der Waals surface area contributed by atoms with Gasteiger partial charge in [-0.25, -0.2) is 4.79 Å². The third kappa shape index (κ3) is 4.31. The van der Waals surface area contributed by atoms with E-state index in [4.69, 9.17) is 0 Å². The van der Waals surface area contributed by atoms with Crippen LogP contribution in [0.1, 0.15) is 57.0 Å². The van der Waals surface area contributed by atoms with Crippen LogP contribution in [0.4, 0.5) is 0 Å². The Bertz CT molecular complexity index is 517. The largest absolute Gasteiger partial charge is 0.480 e. The lowest BCUT2D eigenvalue weighted by Crippen LogP contribution is -2.45. The zero-order valence-corrected chi connectivity index (χ0v) is 13.4. The molecule has 1 amide bonds. The molecule has 0 aliphatic heterocycles. The zero-order chi connectivity index (χ0) is 16.2. The smallest absolute Gasteiger partial charge is 0.326 e. The van der Waals surface area contributed by atoms with Gasteiger partial charge in [0.1, 0.15) is 6.04 Å². The lowest BCUT2D eigenvalue weighted by Gasteiger charge is -2.24. The third-order valence-electron chi connectivity index (χ3n) is 3.75. The number of carbonyl (C=O) groups excluding carboxylic acids is 1. The second-order valence-electron chi connectivity index (χ2n) is 6.47. The van der Waals surface area contributed by atoms with E-state index in [2.05, 4.69) is 5.32 Å². The van der Waals surface area contributed by atoms with E-state index < -0.39 is 12.0 Å². The molecule has 2 atom stereocenters. The van der Waals surface area contributed by atoms with E-state index >= 15 is 0 Å². The van der Waals surface area contributed by atoms with Crippen LogP contribution in [0.25, 0.3) is 0 Å². The minimum atomic E-state index is -0.995. The van der Waals surface area contributed by atoms with E-state index in [-0.39, 0.29) is 17.2 Å². The molecule has 1 rings (SSSR count). The van der Waals surface area contributed by atoms with Crippen molar-refractivity contribution in [2.45, 2.75) is 52.5 Å². The third-order valence-corrected chi connectivity index (χ3v) is 3.75. The summed E-state index contributed by atoms with van der Waals surface area (Å²) in [7, 11) is 0. The van der Waals surface area contributed by atoms with Crippen LogP contribution in [0.15, 0.2) is 24.3 Å². The van der Waals surface area contributed by atoms with Crippen LogP contribution in [-0.2, 0) is 10.2 Å². The number of carboxylic acids is 1. The molecule has 21 heavy (non-hydrogen) atoms. The number of rotatable bonds is 5. The Labute approximate surface area is 126 Å². The van der Waals surface area contributed by atoms with Gasteiger partial charge in [0.25, 0.3) is 5.91 Å². The molecule has 1 aromatic rings. The Morgan fingerprint density at radius 1 is 1.24 bits per heavy atom. The van der Waals surface area contributed by atoms with Gasteiger partial charge in [-0.1, -0.05) is 59.2 Å². The average Bonchev–Trinajstić information content (AvgIpc) is 2.42. The number of nitrogens with one attached hydrogen (secondary N) is 1. The predicted molar refractivity (Wildman–Crippen MR) is 83.5 cm³/mol. The highest BCUT2D eigenvalue weighted by Crippen LogP contribution is 2.25. The molecule has 0 bridgehead atoms. The molecule has 0 aromatic heterocycles. The number of amides is 1. The molecular formula is C17H25NO3. The molecule has 0 spiro atoms. The van der Waals surface area contributed by atoms with Crippen LogP contribution in [-0.4, -0.2) is 23.0 Å². The summed E-state index contributed by atoms with van der Waals surface area (Å²) in [6.07, 6.45) is 0.693. The molecule has 0 heterocycles. The van der Waals surface area contributed by atoms with Crippen molar-refractivity contribution in [3.05, 3.63) is 35.4 Å². The SMILES string of the molecule is CC[C@H](C)[C@H](NC(=O)c1ccccc1C(C)(C)C)C(=O)O. The van der Waals surface area contributed by atoms with Crippen molar-refractivity contribution in [3.8, 4) is 0 Å². The summed E-state index contributed by atoms with van der Waals surface area (Å²) in [4.78, 5) is 23.8. The van der Waals surface area contributed by atoms with Crippen molar-refractivity contribution in [1.82, 2.24) is 5.32 Å². The Balaban J connectivity index is 3.07. The average molecular weight is 291 g/mol. The normalized spacial score (nSPS) is 14.3. The van der Waals surface area contributed by atoms with Crippen molar-refractivity contribution in [2.75, 3.05) is 0 Å². The number of carbonyl (C=O) groups is 2. The fourth-order valence-corrected chi connectivity index (χ4v) is 2.24. The minimum absolute atomic E-state index is 0.117. The van der Waals surface area contributed by atoms with Crippen molar-refractivity contribution in [3.63, 3.8) is 0 Å². The summed E-state index contributed by atoms with van der Waals surface area (Å²) < 4.78 is 0. The molecule has 0 saturated carbocycles. The van der Waals surface area contributed by atoms with E-state index in [0.717, 1.165) is 5.56 Å². The second-order valence-corrected chi connectivity index (χ2v) is 6.47. The lowest BCUT2D eigenvalue weighted by molar-refractivity contribution is -0.140. The quantitative estimate of drug-likeness (QED) is 0.875. The van der Waals surface area contributed by atoms with Gasteiger partial charge < -0.3 is 10.4 Å². The molecule has 1 aromatic carbocycles. The molecule has 4 heteroatoms. The Morgan fingerprint density at radius 2 is 1.81 bits per heavy atom. The van der Waals surface area contributed by atoms with Crippen LogP contribution < -0.4 is 5.32 Å². The van der Waals surface area contributed by atoms with Gasteiger partial charge in [-0.3, -0.25) is 4.79 Å². The molecule has 2 N–H and O–H groups in total. The molecule has 116 valence electrons. The molecule has 0 saturated heterocycles. The van der Waals surface area contributed by atoms with E-state index in [1.807, 2.05) is 46.8 Å². The first-order valence-electron chi connectivity index (χ1n) is 7.31. The first kappa shape index (κ1) is 17.2. The zero-order valence-electron chi connectivity index (χ0n) is 13.4. The van der Waals surface area contributed by atoms with Crippen molar-refractivity contribution in [2.24, 2.45) is 5.92 Å². The van der Waals surface area contributed by atoms with Gasteiger partial charge in [0, 0.05) is 5.56 Å². The van der Waals surface area contributed by atoms with E-state index in [9.17, 15) is 14.7 Å². The molecule has 0 radical (unpaired) electrons. The van der Waals surface area contributed by atoms with Crippen LogP contribution in [0.5, 0.6) is 0 Å². The first-order valence-corrected chi connectivity index (χ1v) is 7.31. The van der Waals surface area contributed by atoms with Gasteiger partial charge in [0.2, 0.25) is 0 Å². The fourth-order valence-electron chi connectivity index (χ4n) is 2.24. The molecule has 0 aliphatic rings. The maximum atomic E-state index is 12.5. The summed E-state index contributed by atoms with van der Waals surface area (Å²) in [5.41, 5.74) is 1.28. The highest BCUT2D eigenvalue weighted by Gasteiger charge is 2.28. The first-order chi connectivity index (χ1) is 9.68. The van der Waals surface area contributed by atoms with E-state index in [0.29, 0.717) is 12.0 Å². The monoisotopic (exact) mass is 291 g/mol. The fraction of sp³-hybridized carbons (Fsp3) is 0.529. The second kappa shape index (κ2) is 6.74.